The van der Waals surface area contributed by atoms with Crippen molar-refractivity contribution in [1.29, 1.82) is 0 Å². The third-order valence-corrected chi connectivity index (χ3v) is 2.60. The molecule has 0 fully saturated rings. The molecule has 2 atom stereocenters. The van der Waals surface area contributed by atoms with E-state index in [4.69, 9.17) is 9.47 Å². The molecule has 2 heterocycles. The molecular formula is C12H14N2O3. The van der Waals surface area contributed by atoms with Crippen LogP contribution in [-0.2, 0) is 14.3 Å². The van der Waals surface area contributed by atoms with E-state index in [-0.39, 0.29) is 5.97 Å². The zero-order chi connectivity index (χ0) is 12.3. The topological polar surface area (TPSA) is 60.8 Å². The van der Waals surface area contributed by atoms with E-state index in [1.807, 2.05) is 19.1 Å². The number of aromatic nitrogens is 1. The predicted octanol–water partition coefficient (Wildman–Crippen LogP) is 1.42. The smallest absolute Gasteiger partial charge is 0.335 e. The van der Waals surface area contributed by atoms with Gasteiger partial charge in [0.05, 0.1) is 6.61 Å². The summed E-state index contributed by atoms with van der Waals surface area (Å²) in [6.45, 7) is 3.98. The lowest BCUT2D eigenvalue weighted by molar-refractivity contribution is -0.146. The fourth-order valence-electron chi connectivity index (χ4n) is 1.77. The molecule has 0 radical (unpaired) electrons. The van der Waals surface area contributed by atoms with Crippen LogP contribution < -0.4 is 0 Å². The highest BCUT2D eigenvalue weighted by Crippen LogP contribution is 2.29. The number of pyridine rings is 1. The second-order valence-electron chi connectivity index (χ2n) is 3.69. The molecular weight excluding hydrogens is 220 g/mol. The highest BCUT2D eigenvalue weighted by Gasteiger charge is 2.36. The minimum absolute atomic E-state index is 0.337. The van der Waals surface area contributed by atoms with Gasteiger partial charge in [-0.05, 0) is 19.9 Å². The number of carbonyl (C=O) groups excluding carboxylic acids is 1. The van der Waals surface area contributed by atoms with E-state index >= 15 is 0 Å². The second kappa shape index (κ2) is 4.95. The molecule has 0 aromatic carbocycles. The summed E-state index contributed by atoms with van der Waals surface area (Å²) >= 11 is 0. The normalized spacial score (nSPS) is 22.2. The monoisotopic (exact) mass is 234 g/mol. The maximum Gasteiger partial charge on any atom is 0.335 e. The zero-order valence-corrected chi connectivity index (χ0v) is 9.79. The van der Waals surface area contributed by atoms with Gasteiger partial charge in [-0.15, -0.1) is 0 Å². The Bertz CT molecular complexity index is 445. The molecule has 0 spiro atoms. The summed E-state index contributed by atoms with van der Waals surface area (Å²) in [4.78, 5) is 19.9. The molecule has 1 aromatic heterocycles. The molecule has 2 rings (SSSR count). The third kappa shape index (κ3) is 2.27. The maximum absolute atomic E-state index is 11.7. The molecule has 0 bridgehead atoms. The summed E-state index contributed by atoms with van der Waals surface area (Å²) in [6.07, 6.45) is 2.58. The number of hydrogen-bond acceptors (Lipinski definition) is 5. The second-order valence-corrected chi connectivity index (χ2v) is 3.69. The van der Waals surface area contributed by atoms with Crippen molar-refractivity contribution in [1.82, 2.24) is 4.98 Å². The third-order valence-electron chi connectivity index (χ3n) is 2.60. The van der Waals surface area contributed by atoms with Crippen LogP contribution in [0, 0.1) is 6.92 Å². The number of aryl methyl sites for hydroxylation is 1. The number of carbonyl (C=O) groups is 1. The van der Waals surface area contributed by atoms with Gasteiger partial charge in [0.1, 0.15) is 0 Å². The fourth-order valence-corrected chi connectivity index (χ4v) is 1.77. The summed E-state index contributed by atoms with van der Waals surface area (Å²) in [5.41, 5.74) is 1.69. The predicted molar refractivity (Wildman–Crippen MR) is 61.7 cm³/mol. The summed E-state index contributed by atoms with van der Waals surface area (Å²) in [6, 6.07) is 3.07. The van der Waals surface area contributed by atoms with Crippen LogP contribution in [0.3, 0.4) is 0 Å². The van der Waals surface area contributed by atoms with Gasteiger partial charge in [0.15, 0.2) is 18.5 Å². The van der Waals surface area contributed by atoms with Crippen LogP contribution in [0.15, 0.2) is 23.3 Å². The molecule has 17 heavy (non-hydrogen) atoms. The van der Waals surface area contributed by atoms with Gasteiger partial charge >= 0.3 is 5.97 Å². The van der Waals surface area contributed by atoms with Gasteiger partial charge in [-0.2, -0.15) is 0 Å². The molecule has 0 N–H and O–H groups in total. The average molecular weight is 234 g/mol. The molecule has 1 aliphatic rings. The molecule has 90 valence electrons. The average Bonchev–Trinajstić information content (AvgIpc) is 2.79. The number of rotatable bonds is 3. The van der Waals surface area contributed by atoms with Gasteiger partial charge in [-0.3, -0.25) is 4.98 Å². The Morgan fingerprint density at radius 1 is 1.59 bits per heavy atom. The van der Waals surface area contributed by atoms with E-state index < -0.39 is 12.1 Å². The van der Waals surface area contributed by atoms with Crippen LogP contribution in [0.4, 0.5) is 0 Å². The number of ether oxygens (including phenoxy) is 2. The van der Waals surface area contributed by atoms with Crippen LogP contribution in [0.25, 0.3) is 0 Å². The summed E-state index contributed by atoms with van der Waals surface area (Å²) in [5, 5.41) is 0. The molecule has 0 aliphatic carbocycles. The van der Waals surface area contributed by atoms with Crippen molar-refractivity contribution < 1.29 is 14.3 Å². The first kappa shape index (κ1) is 11.6. The molecule has 1 aliphatic heterocycles. The Morgan fingerprint density at radius 2 is 2.41 bits per heavy atom. The molecule has 5 heteroatoms. The van der Waals surface area contributed by atoms with Gasteiger partial charge < -0.3 is 9.47 Å². The van der Waals surface area contributed by atoms with Crippen molar-refractivity contribution in [2.24, 2.45) is 4.99 Å². The fraction of sp³-hybridized carbons (Fsp3) is 0.417. The van der Waals surface area contributed by atoms with Crippen LogP contribution >= 0.6 is 0 Å². The van der Waals surface area contributed by atoms with E-state index in [0.29, 0.717) is 6.61 Å². The summed E-state index contributed by atoms with van der Waals surface area (Å²) < 4.78 is 10.3. The van der Waals surface area contributed by atoms with Crippen molar-refractivity contribution in [2.45, 2.75) is 26.0 Å². The van der Waals surface area contributed by atoms with Crippen LogP contribution in [0.5, 0.6) is 0 Å². The Morgan fingerprint density at radius 3 is 3.12 bits per heavy atom. The molecule has 0 unspecified atom stereocenters. The highest BCUT2D eigenvalue weighted by molar-refractivity contribution is 5.80. The first-order chi connectivity index (χ1) is 8.24. The van der Waals surface area contributed by atoms with Crippen molar-refractivity contribution in [3.63, 3.8) is 0 Å². The van der Waals surface area contributed by atoms with E-state index in [1.165, 1.54) is 6.40 Å². The number of aliphatic imine (C=N–C) groups is 1. The van der Waals surface area contributed by atoms with Gasteiger partial charge in [-0.25, -0.2) is 9.79 Å². The summed E-state index contributed by atoms with van der Waals surface area (Å²) in [5.74, 6) is -0.366. The van der Waals surface area contributed by atoms with Crippen LogP contribution in [-0.4, -0.2) is 30.0 Å². The minimum atomic E-state index is -0.627. The molecule has 1 aromatic rings. The van der Waals surface area contributed by atoms with Gasteiger partial charge in [0.25, 0.3) is 0 Å². The Labute approximate surface area is 99.5 Å². The first-order valence-electron chi connectivity index (χ1n) is 5.49. The zero-order valence-electron chi connectivity index (χ0n) is 9.79. The van der Waals surface area contributed by atoms with E-state index in [2.05, 4.69) is 9.98 Å². The SMILES string of the molecule is CCOC(=O)[C@@H]1N=CO[C@H]1c1cccnc1C. The quantitative estimate of drug-likeness (QED) is 0.742. The highest BCUT2D eigenvalue weighted by atomic mass is 16.5. The molecule has 0 saturated heterocycles. The standard InChI is InChI=1S/C12H14N2O3/c1-3-16-12(15)10-11(17-7-14-10)9-5-4-6-13-8(9)2/h4-7,10-11H,3H2,1-2H3/t10-,11+/m1/s1. The van der Waals surface area contributed by atoms with Crippen molar-refractivity contribution in [3.8, 4) is 0 Å². The Balaban J connectivity index is 2.22. The van der Waals surface area contributed by atoms with Crippen molar-refractivity contribution in [3.05, 3.63) is 29.6 Å². The summed E-state index contributed by atoms with van der Waals surface area (Å²) in [7, 11) is 0. The van der Waals surface area contributed by atoms with Gasteiger partial charge in [0.2, 0.25) is 0 Å². The largest absolute Gasteiger partial charge is 0.473 e. The lowest BCUT2D eigenvalue weighted by Crippen LogP contribution is -2.26. The number of hydrogen-bond donors (Lipinski definition) is 0. The van der Waals surface area contributed by atoms with E-state index in [9.17, 15) is 4.79 Å². The number of esters is 1. The molecule has 0 amide bonds. The van der Waals surface area contributed by atoms with Gasteiger partial charge in [0, 0.05) is 17.5 Å². The van der Waals surface area contributed by atoms with Crippen molar-refractivity contribution in [2.75, 3.05) is 6.61 Å². The Hall–Kier alpha value is -1.91. The number of nitrogens with zero attached hydrogens (tertiary/aromatic N) is 2. The lowest BCUT2D eigenvalue weighted by Gasteiger charge is -2.17. The first-order valence-corrected chi connectivity index (χ1v) is 5.49. The molecule has 5 nitrogen and oxygen atoms in total. The van der Waals surface area contributed by atoms with Gasteiger partial charge in [-0.1, -0.05) is 6.07 Å². The molecule has 0 saturated carbocycles. The minimum Gasteiger partial charge on any atom is -0.473 e. The lowest BCUT2D eigenvalue weighted by atomic mass is 10.0. The maximum atomic E-state index is 11.7. The van der Waals surface area contributed by atoms with Crippen molar-refractivity contribution >= 4 is 12.4 Å². The van der Waals surface area contributed by atoms with Crippen LogP contribution in [0.1, 0.15) is 24.3 Å². The Kier molecular flexibility index (Phi) is 3.37. The van der Waals surface area contributed by atoms with E-state index in [1.54, 1.807) is 13.1 Å². The van der Waals surface area contributed by atoms with E-state index in [0.717, 1.165) is 11.3 Å². The van der Waals surface area contributed by atoms with Crippen LogP contribution in [0.2, 0.25) is 0 Å².